The Morgan fingerprint density at radius 1 is 1.33 bits per heavy atom. The monoisotopic (exact) mass is 255 g/mol. The standard InChI is InChI=1S/C11H8F3N3O/c12-11(13,14)6-1-2-7-8(5-6)17-4-3-9(18)16-10(17)15-7/h1-2,5H,3-4H2,(H,15,16,18). The Morgan fingerprint density at radius 3 is 2.83 bits per heavy atom. The van der Waals surface area contributed by atoms with Crippen LogP contribution in [0.25, 0.3) is 11.0 Å². The summed E-state index contributed by atoms with van der Waals surface area (Å²) in [5.74, 6) is 0.134. The van der Waals surface area contributed by atoms with Gasteiger partial charge in [0.2, 0.25) is 11.9 Å². The number of rotatable bonds is 0. The van der Waals surface area contributed by atoms with E-state index in [1.807, 2.05) is 0 Å². The molecule has 1 amide bonds. The molecule has 18 heavy (non-hydrogen) atoms. The molecule has 1 aliphatic rings. The van der Waals surface area contributed by atoms with E-state index in [-0.39, 0.29) is 12.3 Å². The third kappa shape index (κ3) is 1.62. The number of nitrogens with one attached hydrogen (secondary N) is 1. The Morgan fingerprint density at radius 2 is 2.11 bits per heavy atom. The van der Waals surface area contributed by atoms with Gasteiger partial charge in [-0.1, -0.05) is 0 Å². The molecule has 0 unspecified atom stereocenters. The molecule has 2 heterocycles. The number of carbonyl (C=O) groups excluding carboxylic acids is 1. The van der Waals surface area contributed by atoms with Crippen LogP contribution in [-0.2, 0) is 17.5 Å². The van der Waals surface area contributed by atoms with Crippen LogP contribution in [0.4, 0.5) is 19.1 Å². The largest absolute Gasteiger partial charge is 0.416 e. The van der Waals surface area contributed by atoms with Crippen LogP contribution >= 0.6 is 0 Å². The summed E-state index contributed by atoms with van der Waals surface area (Å²) in [6.07, 6.45) is -4.13. The first-order valence-electron chi connectivity index (χ1n) is 5.32. The predicted molar refractivity (Wildman–Crippen MR) is 58.0 cm³/mol. The van der Waals surface area contributed by atoms with E-state index in [2.05, 4.69) is 10.3 Å². The van der Waals surface area contributed by atoms with Gasteiger partial charge < -0.3 is 4.57 Å². The summed E-state index contributed by atoms with van der Waals surface area (Å²) in [6.45, 7) is 0.346. The average Bonchev–Trinajstić information content (AvgIpc) is 2.63. The molecule has 1 aromatic heterocycles. The number of benzene rings is 1. The third-order valence-corrected chi connectivity index (χ3v) is 2.89. The Hall–Kier alpha value is -2.05. The third-order valence-electron chi connectivity index (χ3n) is 2.89. The van der Waals surface area contributed by atoms with E-state index in [4.69, 9.17) is 0 Å². The van der Waals surface area contributed by atoms with Crippen molar-refractivity contribution < 1.29 is 18.0 Å². The number of hydrogen-bond donors (Lipinski definition) is 1. The zero-order valence-electron chi connectivity index (χ0n) is 9.08. The highest BCUT2D eigenvalue weighted by Crippen LogP contribution is 2.32. The number of aromatic nitrogens is 2. The van der Waals surface area contributed by atoms with Gasteiger partial charge in [-0.15, -0.1) is 0 Å². The number of nitrogens with zero attached hydrogens (tertiary/aromatic N) is 2. The lowest BCUT2D eigenvalue weighted by Gasteiger charge is -2.15. The molecule has 7 heteroatoms. The zero-order valence-corrected chi connectivity index (χ0v) is 9.08. The molecule has 0 atom stereocenters. The minimum atomic E-state index is -4.38. The van der Waals surface area contributed by atoms with E-state index in [1.54, 1.807) is 4.57 Å². The second kappa shape index (κ2) is 3.47. The summed E-state index contributed by atoms with van der Waals surface area (Å²) in [5.41, 5.74) is 0.120. The molecular formula is C11H8F3N3O. The van der Waals surface area contributed by atoms with Gasteiger partial charge in [0.25, 0.3) is 0 Å². The number of anilines is 1. The fraction of sp³-hybridized carbons (Fsp3) is 0.273. The van der Waals surface area contributed by atoms with Crippen molar-refractivity contribution in [2.75, 3.05) is 5.32 Å². The molecule has 94 valence electrons. The number of fused-ring (bicyclic) bond motifs is 3. The highest BCUT2D eigenvalue weighted by molar-refractivity contribution is 5.93. The maximum Gasteiger partial charge on any atom is 0.416 e. The van der Waals surface area contributed by atoms with Crippen molar-refractivity contribution in [3.63, 3.8) is 0 Å². The lowest BCUT2D eigenvalue weighted by atomic mass is 10.2. The second-order valence-electron chi connectivity index (χ2n) is 4.09. The van der Waals surface area contributed by atoms with E-state index in [1.165, 1.54) is 6.07 Å². The molecule has 0 aliphatic carbocycles. The Labute approximate surface area is 99.4 Å². The summed E-state index contributed by atoms with van der Waals surface area (Å²) >= 11 is 0. The van der Waals surface area contributed by atoms with Crippen molar-refractivity contribution in [2.24, 2.45) is 0 Å². The molecule has 1 aliphatic heterocycles. The smallest absolute Gasteiger partial charge is 0.309 e. The number of aryl methyl sites for hydroxylation is 1. The van der Waals surface area contributed by atoms with Crippen LogP contribution in [0.1, 0.15) is 12.0 Å². The fourth-order valence-corrected chi connectivity index (χ4v) is 2.02. The Balaban J connectivity index is 2.19. The lowest BCUT2D eigenvalue weighted by Crippen LogP contribution is -2.23. The van der Waals surface area contributed by atoms with E-state index in [0.717, 1.165) is 12.1 Å². The molecule has 0 fully saturated rings. The van der Waals surface area contributed by atoms with Crippen LogP contribution in [-0.4, -0.2) is 15.5 Å². The Kier molecular flexibility index (Phi) is 2.13. The van der Waals surface area contributed by atoms with Crippen LogP contribution in [0, 0.1) is 0 Å². The first-order valence-corrected chi connectivity index (χ1v) is 5.32. The van der Waals surface area contributed by atoms with E-state index in [9.17, 15) is 18.0 Å². The summed E-state index contributed by atoms with van der Waals surface area (Å²) in [5, 5.41) is 2.54. The lowest BCUT2D eigenvalue weighted by molar-refractivity contribution is -0.137. The van der Waals surface area contributed by atoms with E-state index < -0.39 is 11.7 Å². The number of hydrogen-bond acceptors (Lipinski definition) is 2. The van der Waals surface area contributed by atoms with Crippen molar-refractivity contribution in [3.8, 4) is 0 Å². The number of imidazole rings is 1. The molecule has 3 rings (SSSR count). The summed E-state index contributed by atoms with van der Waals surface area (Å²) in [4.78, 5) is 15.3. The second-order valence-corrected chi connectivity index (χ2v) is 4.09. The first kappa shape index (κ1) is 11.1. The number of alkyl halides is 3. The van der Waals surface area contributed by atoms with Gasteiger partial charge in [-0.05, 0) is 18.2 Å². The number of halogens is 3. The van der Waals surface area contributed by atoms with Crippen molar-refractivity contribution in [2.45, 2.75) is 19.1 Å². The molecule has 2 aromatic rings. The fourth-order valence-electron chi connectivity index (χ4n) is 2.02. The minimum Gasteiger partial charge on any atom is -0.309 e. The summed E-state index contributed by atoms with van der Waals surface area (Å²) in [6, 6.07) is 3.36. The highest BCUT2D eigenvalue weighted by atomic mass is 19.4. The van der Waals surface area contributed by atoms with Gasteiger partial charge in [-0.3, -0.25) is 10.1 Å². The van der Waals surface area contributed by atoms with Gasteiger partial charge in [-0.2, -0.15) is 13.2 Å². The van der Waals surface area contributed by atoms with Crippen molar-refractivity contribution in [1.29, 1.82) is 0 Å². The molecule has 4 nitrogen and oxygen atoms in total. The first-order chi connectivity index (χ1) is 8.45. The maximum absolute atomic E-state index is 12.6. The summed E-state index contributed by atoms with van der Waals surface area (Å²) < 4.78 is 39.4. The van der Waals surface area contributed by atoms with Crippen LogP contribution in [0.3, 0.4) is 0 Å². The number of amides is 1. The van der Waals surface area contributed by atoms with Crippen LogP contribution in [0.5, 0.6) is 0 Å². The summed E-state index contributed by atoms with van der Waals surface area (Å²) in [7, 11) is 0. The topological polar surface area (TPSA) is 46.9 Å². The number of carbonyl (C=O) groups is 1. The van der Waals surface area contributed by atoms with Crippen molar-refractivity contribution >= 4 is 22.9 Å². The molecule has 0 radical (unpaired) electrons. The van der Waals surface area contributed by atoms with Crippen LogP contribution in [0.15, 0.2) is 18.2 Å². The molecule has 1 N–H and O–H groups in total. The van der Waals surface area contributed by atoms with Gasteiger partial charge >= 0.3 is 6.18 Å². The van der Waals surface area contributed by atoms with Gasteiger partial charge in [0.1, 0.15) is 0 Å². The zero-order chi connectivity index (χ0) is 12.9. The quantitative estimate of drug-likeness (QED) is 0.785. The normalized spacial score (nSPS) is 15.6. The van der Waals surface area contributed by atoms with Gasteiger partial charge in [0.05, 0.1) is 16.6 Å². The highest BCUT2D eigenvalue weighted by Gasteiger charge is 2.31. The average molecular weight is 255 g/mol. The Bertz CT molecular complexity index is 645. The molecular weight excluding hydrogens is 247 g/mol. The minimum absolute atomic E-state index is 0.172. The predicted octanol–water partition coefficient (Wildman–Crippen LogP) is 2.40. The molecule has 0 saturated heterocycles. The molecule has 0 saturated carbocycles. The van der Waals surface area contributed by atoms with Crippen molar-refractivity contribution in [1.82, 2.24) is 9.55 Å². The van der Waals surface area contributed by atoms with Gasteiger partial charge in [0.15, 0.2) is 0 Å². The SMILES string of the molecule is O=C1CCn2c(nc3ccc(C(F)(F)F)cc32)N1. The van der Waals surface area contributed by atoms with Crippen LogP contribution in [0.2, 0.25) is 0 Å². The molecule has 0 bridgehead atoms. The molecule has 1 aromatic carbocycles. The van der Waals surface area contributed by atoms with Crippen LogP contribution < -0.4 is 5.32 Å². The van der Waals surface area contributed by atoms with Gasteiger partial charge in [-0.25, -0.2) is 4.98 Å². The molecule has 0 spiro atoms. The van der Waals surface area contributed by atoms with E-state index >= 15 is 0 Å². The van der Waals surface area contributed by atoms with E-state index in [0.29, 0.717) is 23.5 Å². The van der Waals surface area contributed by atoms with Gasteiger partial charge in [0, 0.05) is 13.0 Å². The maximum atomic E-state index is 12.6. The van der Waals surface area contributed by atoms with Crippen molar-refractivity contribution in [3.05, 3.63) is 23.8 Å².